The number of carbonyl (C=O) groups is 2. The van der Waals surface area contributed by atoms with Crippen molar-refractivity contribution >= 4 is 51.5 Å². The Morgan fingerprint density at radius 1 is 0.939 bits per heavy atom. The number of nitrogens with one attached hydrogen (secondary N) is 2. The molecule has 2 N–H and O–H groups in total. The van der Waals surface area contributed by atoms with E-state index in [1.54, 1.807) is 0 Å². The monoisotopic (exact) mass is 488 g/mol. The van der Waals surface area contributed by atoms with Gasteiger partial charge in [-0.15, -0.1) is 0 Å². The summed E-state index contributed by atoms with van der Waals surface area (Å²) in [5.74, 6) is -0.758. The van der Waals surface area contributed by atoms with Gasteiger partial charge >= 0.3 is 0 Å². The molecule has 1 fully saturated rings. The second-order valence-corrected chi connectivity index (χ2v) is 9.02. The van der Waals surface area contributed by atoms with E-state index in [0.29, 0.717) is 30.7 Å². The molecule has 0 heterocycles. The number of carbonyl (C=O) groups excluding carboxylic acids is 2. The molecule has 33 heavy (non-hydrogen) atoms. The van der Waals surface area contributed by atoms with E-state index >= 15 is 0 Å². The van der Waals surface area contributed by atoms with E-state index in [-0.39, 0.29) is 41.2 Å². The van der Waals surface area contributed by atoms with Crippen molar-refractivity contribution in [3.05, 3.63) is 70.5 Å². The predicted octanol–water partition coefficient (Wildman–Crippen LogP) is 5.98. The maximum absolute atomic E-state index is 13.4. The maximum atomic E-state index is 13.4. The lowest BCUT2D eigenvalue weighted by Gasteiger charge is -2.28. The number of benzene rings is 3. The Morgan fingerprint density at radius 2 is 1.67 bits per heavy atom. The molecule has 0 aliphatic heterocycles. The summed E-state index contributed by atoms with van der Waals surface area (Å²) in [5, 5.41) is 8.62. The molecule has 3 aromatic carbocycles. The lowest BCUT2D eigenvalue weighted by Crippen LogP contribution is -2.41. The summed E-state index contributed by atoms with van der Waals surface area (Å²) in [5.41, 5.74) is 0.751. The van der Waals surface area contributed by atoms with Crippen molar-refractivity contribution in [2.24, 2.45) is 5.92 Å². The Bertz CT molecular complexity index is 1180. The molecular formula is C25H23Cl2FN2O3. The zero-order chi connectivity index (χ0) is 23.4. The van der Waals surface area contributed by atoms with E-state index in [9.17, 15) is 14.0 Å². The lowest BCUT2D eigenvalue weighted by molar-refractivity contribution is -0.124. The predicted molar refractivity (Wildman–Crippen MR) is 128 cm³/mol. The van der Waals surface area contributed by atoms with Crippen LogP contribution in [0.5, 0.6) is 5.75 Å². The summed E-state index contributed by atoms with van der Waals surface area (Å²) >= 11 is 11.7. The Balaban J connectivity index is 1.22. The quantitative estimate of drug-likeness (QED) is 0.448. The number of rotatable bonds is 6. The number of amides is 2. The molecule has 0 aromatic heterocycles. The van der Waals surface area contributed by atoms with Crippen molar-refractivity contribution < 1.29 is 18.7 Å². The summed E-state index contributed by atoms with van der Waals surface area (Å²) < 4.78 is 18.8. The van der Waals surface area contributed by atoms with Gasteiger partial charge in [0.1, 0.15) is 11.6 Å². The summed E-state index contributed by atoms with van der Waals surface area (Å²) in [6.45, 7) is -0.214. The SMILES string of the molecule is O=C(COc1ccc(Cl)c(F)c1)N[C@H]1CC[C@H](C(=O)Nc2ccc3cc(Cl)ccc3c2)CC1. The van der Waals surface area contributed by atoms with Crippen LogP contribution in [0.1, 0.15) is 25.7 Å². The second kappa shape index (κ2) is 10.4. The van der Waals surface area contributed by atoms with Crippen LogP contribution in [0.15, 0.2) is 54.6 Å². The minimum Gasteiger partial charge on any atom is -0.484 e. The van der Waals surface area contributed by atoms with Gasteiger partial charge in [0.25, 0.3) is 5.91 Å². The smallest absolute Gasteiger partial charge is 0.258 e. The molecule has 1 aliphatic rings. The topological polar surface area (TPSA) is 67.4 Å². The first kappa shape index (κ1) is 23.3. The van der Waals surface area contributed by atoms with E-state index < -0.39 is 5.82 Å². The molecule has 4 rings (SSSR count). The maximum Gasteiger partial charge on any atom is 0.258 e. The van der Waals surface area contributed by atoms with Gasteiger partial charge in [0, 0.05) is 28.7 Å². The Kier molecular flexibility index (Phi) is 7.36. The first-order chi connectivity index (χ1) is 15.9. The number of ether oxygens (including phenoxy) is 1. The fourth-order valence-corrected chi connectivity index (χ4v) is 4.32. The lowest BCUT2D eigenvalue weighted by atomic mass is 9.85. The van der Waals surface area contributed by atoms with Crippen LogP contribution in [0.3, 0.4) is 0 Å². The average Bonchev–Trinajstić information content (AvgIpc) is 2.80. The standard InChI is InChI=1S/C25H23Cl2FN2O3/c26-18-5-1-17-12-20(8-4-16(17)11-18)30-25(32)15-2-6-19(7-3-15)29-24(31)14-33-21-9-10-22(27)23(28)13-21/h1,4-5,8-13,15,19H,2-3,6-7,14H2,(H,29,31)(H,30,32)/t15-,19-. The van der Waals surface area contributed by atoms with E-state index in [2.05, 4.69) is 10.6 Å². The van der Waals surface area contributed by atoms with E-state index in [0.717, 1.165) is 22.5 Å². The largest absolute Gasteiger partial charge is 0.484 e. The van der Waals surface area contributed by atoms with Crippen LogP contribution in [0, 0.1) is 11.7 Å². The Hall–Kier alpha value is -2.83. The van der Waals surface area contributed by atoms with Crippen LogP contribution in [-0.2, 0) is 9.59 Å². The van der Waals surface area contributed by atoms with Gasteiger partial charge in [0.15, 0.2) is 6.61 Å². The van der Waals surface area contributed by atoms with Crippen LogP contribution in [0.4, 0.5) is 10.1 Å². The van der Waals surface area contributed by atoms with Gasteiger partial charge in [-0.1, -0.05) is 35.3 Å². The van der Waals surface area contributed by atoms with Crippen LogP contribution >= 0.6 is 23.2 Å². The molecule has 1 saturated carbocycles. The van der Waals surface area contributed by atoms with Crippen LogP contribution in [0.25, 0.3) is 10.8 Å². The summed E-state index contributed by atoms with van der Waals surface area (Å²) in [6.07, 6.45) is 2.78. The molecule has 5 nitrogen and oxygen atoms in total. The fourth-order valence-electron chi connectivity index (χ4n) is 4.02. The number of anilines is 1. The molecule has 0 radical (unpaired) electrons. The number of fused-ring (bicyclic) bond motifs is 1. The molecular weight excluding hydrogens is 466 g/mol. The third-order valence-corrected chi connectivity index (χ3v) is 6.34. The minimum absolute atomic E-state index is 0.00173. The van der Waals surface area contributed by atoms with Crippen molar-refractivity contribution in [2.45, 2.75) is 31.7 Å². The van der Waals surface area contributed by atoms with Crippen LogP contribution in [-0.4, -0.2) is 24.5 Å². The molecule has 8 heteroatoms. The van der Waals surface area contributed by atoms with Crippen molar-refractivity contribution in [1.29, 1.82) is 0 Å². The van der Waals surface area contributed by atoms with Gasteiger partial charge in [-0.2, -0.15) is 0 Å². The Morgan fingerprint density at radius 3 is 2.42 bits per heavy atom. The van der Waals surface area contributed by atoms with Gasteiger partial charge in [0.2, 0.25) is 5.91 Å². The highest BCUT2D eigenvalue weighted by molar-refractivity contribution is 6.31. The normalized spacial score (nSPS) is 18.0. The highest BCUT2D eigenvalue weighted by Gasteiger charge is 2.27. The van der Waals surface area contributed by atoms with E-state index in [1.807, 2.05) is 36.4 Å². The van der Waals surface area contributed by atoms with Crippen molar-refractivity contribution in [3.63, 3.8) is 0 Å². The zero-order valence-corrected chi connectivity index (χ0v) is 19.3. The number of halogens is 3. The molecule has 172 valence electrons. The molecule has 3 aromatic rings. The van der Waals surface area contributed by atoms with Crippen molar-refractivity contribution in [1.82, 2.24) is 5.32 Å². The average molecular weight is 489 g/mol. The van der Waals surface area contributed by atoms with Gasteiger partial charge in [-0.3, -0.25) is 9.59 Å². The zero-order valence-electron chi connectivity index (χ0n) is 17.7. The molecule has 0 spiro atoms. The molecule has 0 unspecified atom stereocenters. The van der Waals surface area contributed by atoms with Crippen LogP contribution in [0.2, 0.25) is 10.0 Å². The minimum atomic E-state index is -0.598. The van der Waals surface area contributed by atoms with Gasteiger partial charge < -0.3 is 15.4 Å². The number of hydrogen-bond acceptors (Lipinski definition) is 3. The second-order valence-electron chi connectivity index (χ2n) is 8.18. The molecule has 0 atom stereocenters. The molecule has 0 saturated heterocycles. The first-order valence-corrected chi connectivity index (χ1v) is 11.5. The van der Waals surface area contributed by atoms with Gasteiger partial charge in [0.05, 0.1) is 5.02 Å². The van der Waals surface area contributed by atoms with Gasteiger partial charge in [-0.25, -0.2) is 4.39 Å². The van der Waals surface area contributed by atoms with Gasteiger partial charge in [-0.05, 0) is 72.9 Å². The van der Waals surface area contributed by atoms with Crippen molar-refractivity contribution in [2.75, 3.05) is 11.9 Å². The Labute approximate surface area is 201 Å². The van der Waals surface area contributed by atoms with Crippen LogP contribution < -0.4 is 15.4 Å². The van der Waals surface area contributed by atoms with E-state index in [4.69, 9.17) is 27.9 Å². The molecule has 1 aliphatic carbocycles. The molecule has 2 amide bonds. The van der Waals surface area contributed by atoms with Crippen molar-refractivity contribution in [3.8, 4) is 5.75 Å². The van der Waals surface area contributed by atoms with E-state index in [1.165, 1.54) is 12.1 Å². The summed E-state index contributed by atoms with van der Waals surface area (Å²) in [7, 11) is 0. The summed E-state index contributed by atoms with van der Waals surface area (Å²) in [4.78, 5) is 24.9. The number of hydrogen-bond donors (Lipinski definition) is 2. The third-order valence-electron chi connectivity index (χ3n) is 5.79. The molecule has 0 bridgehead atoms. The first-order valence-electron chi connectivity index (χ1n) is 10.7. The highest BCUT2D eigenvalue weighted by atomic mass is 35.5. The fraction of sp³-hybridized carbons (Fsp3) is 0.280. The summed E-state index contributed by atoms with van der Waals surface area (Å²) in [6, 6.07) is 15.4. The highest BCUT2D eigenvalue weighted by Crippen LogP contribution is 2.27. The third kappa shape index (κ3) is 6.15.